The average Bonchev–Trinajstić information content (AvgIpc) is 2.87. The first-order valence-electron chi connectivity index (χ1n) is 12.0. The van der Waals surface area contributed by atoms with Crippen LogP contribution in [0.2, 0.25) is 0 Å². The number of benzene rings is 5. The van der Waals surface area contributed by atoms with Crippen molar-refractivity contribution in [2.45, 2.75) is 24.4 Å². The minimum atomic E-state index is -0.625. The molecule has 5 aromatic carbocycles. The Labute approximate surface area is 197 Å². The van der Waals surface area contributed by atoms with E-state index in [0.717, 1.165) is 5.56 Å². The largest absolute Gasteiger partial charge is 0.508 e. The van der Waals surface area contributed by atoms with Crippen molar-refractivity contribution < 1.29 is 10.2 Å². The van der Waals surface area contributed by atoms with Crippen molar-refractivity contribution in [1.82, 2.24) is 0 Å². The molecule has 0 bridgehead atoms. The number of aliphatic hydroxyl groups is 1. The molecule has 3 atom stereocenters. The van der Waals surface area contributed by atoms with Gasteiger partial charge in [0.25, 0.3) is 0 Å². The van der Waals surface area contributed by atoms with Gasteiger partial charge in [0.15, 0.2) is 0 Å². The van der Waals surface area contributed by atoms with Crippen molar-refractivity contribution in [3.05, 3.63) is 113 Å². The van der Waals surface area contributed by atoms with Crippen LogP contribution in [0.1, 0.15) is 52.2 Å². The number of rotatable bonds is 3. The Balaban J connectivity index is 1.42. The Kier molecular flexibility index (Phi) is 3.47. The Hall–Kier alpha value is -3.88. The summed E-state index contributed by atoms with van der Waals surface area (Å²) in [7, 11) is 0. The highest BCUT2D eigenvalue weighted by molar-refractivity contribution is 6.28. The zero-order valence-corrected chi connectivity index (χ0v) is 18.5. The van der Waals surface area contributed by atoms with E-state index in [1.807, 2.05) is 12.1 Å². The van der Waals surface area contributed by atoms with Crippen molar-refractivity contribution in [3.8, 4) is 5.75 Å². The summed E-state index contributed by atoms with van der Waals surface area (Å²) < 4.78 is 0. The van der Waals surface area contributed by atoms with Crippen LogP contribution in [0, 0.1) is 0 Å². The first kappa shape index (κ1) is 18.5. The van der Waals surface area contributed by atoms with Gasteiger partial charge in [-0.1, -0.05) is 78.9 Å². The van der Waals surface area contributed by atoms with Crippen LogP contribution in [0.5, 0.6) is 5.75 Å². The summed E-state index contributed by atoms with van der Waals surface area (Å²) in [5.74, 6) is 0.751. The first-order valence-corrected chi connectivity index (χ1v) is 12.0. The number of hydrogen-bond donors (Lipinski definition) is 2. The van der Waals surface area contributed by atoms with Crippen molar-refractivity contribution in [2.24, 2.45) is 0 Å². The monoisotopic (exact) mass is 438 g/mol. The standard InChI is InChI=1S/C32H22O2/c33-24-12-9-17(10-13-24)26(34)16-23-15-22-8-7-20-4-2-18-1-3-19-5-6-21-11-14-25(23)32-30(21)28(19)27(18)29(20)31(22)32/h1-15,20,22,26,33-34H,16H2. The molecule has 2 N–H and O–H groups in total. The zero-order valence-electron chi connectivity index (χ0n) is 18.5. The van der Waals surface area contributed by atoms with Crippen LogP contribution in [-0.2, 0) is 0 Å². The lowest BCUT2D eigenvalue weighted by Gasteiger charge is -2.35. The maximum atomic E-state index is 11.1. The molecule has 3 aliphatic carbocycles. The summed E-state index contributed by atoms with van der Waals surface area (Å²) in [6, 6.07) is 20.4. The van der Waals surface area contributed by atoms with E-state index in [2.05, 4.69) is 66.8 Å². The minimum Gasteiger partial charge on any atom is -0.508 e. The predicted octanol–water partition coefficient (Wildman–Crippen LogP) is 7.57. The van der Waals surface area contributed by atoms with Crippen molar-refractivity contribution >= 4 is 44.0 Å². The second-order valence-electron chi connectivity index (χ2n) is 9.91. The molecule has 0 heterocycles. The van der Waals surface area contributed by atoms with Gasteiger partial charge in [0.05, 0.1) is 6.10 Å². The normalized spacial score (nSPS) is 20.6. The summed E-state index contributed by atoms with van der Waals surface area (Å²) in [5.41, 5.74) is 7.51. The molecule has 3 aliphatic rings. The summed E-state index contributed by atoms with van der Waals surface area (Å²) in [6.07, 6.45) is 11.6. The molecule has 162 valence electrons. The lowest BCUT2D eigenvalue weighted by Crippen LogP contribution is -2.16. The molecule has 0 saturated heterocycles. The molecule has 0 aromatic heterocycles. The lowest BCUT2D eigenvalue weighted by molar-refractivity contribution is 0.184. The van der Waals surface area contributed by atoms with Gasteiger partial charge in [-0.05, 0) is 77.8 Å². The molecule has 34 heavy (non-hydrogen) atoms. The zero-order chi connectivity index (χ0) is 22.6. The molecule has 0 amide bonds. The number of phenolic OH excluding ortho intramolecular Hbond substituents is 1. The lowest BCUT2D eigenvalue weighted by atomic mass is 9.68. The molecular weight excluding hydrogens is 416 g/mol. The van der Waals surface area contributed by atoms with Gasteiger partial charge in [-0.2, -0.15) is 0 Å². The fraction of sp³-hybridized carbons (Fsp3) is 0.125. The smallest absolute Gasteiger partial charge is 0.115 e. The van der Waals surface area contributed by atoms with Gasteiger partial charge in [-0.15, -0.1) is 0 Å². The van der Waals surface area contributed by atoms with Crippen LogP contribution >= 0.6 is 0 Å². The van der Waals surface area contributed by atoms with Crippen molar-refractivity contribution in [2.75, 3.05) is 0 Å². The Morgan fingerprint density at radius 2 is 1.35 bits per heavy atom. The van der Waals surface area contributed by atoms with Crippen LogP contribution in [0.4, 0.5) is 0 Å². The van der Waals surface area contributed by atoms with E-state index >= 15 is 0 Å². The molecular formula is C32H22O2. The average molecular weight is 439 g/mol. The summed E-state index contributed by atoms with van der Waals surface area (Å²) in [4.78, 5) is 0. The SMILES string of the molecule is Oc1ccc(C(O)CC2=CC3C=CC4C=Cc5ccc6ccc7ccc2c2c3c4c5c6c72)cc1. The third-order valence-corrected chi connectivity index (χ3v) is 8.12. The summed E-state index contributed by atoms with van der Waals surface area (Å²) >= 11 is 0. The van der Waals surface area contributed by atoms with Crippen LogP contribution in [0.3, 0.4) is 0 Å². The number of allylic oxidation sites excluding steroid dienone is 4. The van der Waals surface area contributed by atoms with E-state index < -0.39 is 6.10 Å². The van der Waals surface area contributed by atoms with Gasteiger partial charge < -0.3 is 10.2 Å². The molecule has 0 aliphatic heterocycles. The van der Waals surface area contributed by atoms with Crippen molar-refractivity contribution in [3.63, 3.8) is 0 Å². The number of phenols is 1. The number of aromatic hydroxyl groups is 1. The second kappa shape index (κ2) is 6.37. The van der Waals surface area contributed by atoms with E-state index in [4.69, 9.17) is 0 Å². The van der Waals surface area contributed by atoms with Gasteiger partial charge >= 0.3 is 0 Å². The predicted molar refractivity (Wildman–Crippen MR) is 139 cm³/mol. The van der Waals surface area contributed by atoms with Crippen LogP contribution < -0.4 is 0 Å². The molecule has 2 nitrogen and oxygen atoms in total. The molecule has 0 fully saturated rings. The van der Waals surface area contributed by atoms with Crippen LogP contribution in [0.15, 0.2) is 85.0 Å². The molecule has 0 saturated carbocycles. The van der Waals surface area contributed by atoms with Gasteiger partial charge in [-0.25, -0.2) is 0 Å². The van der Waals surface area contributed by atoms with E-state index in [9.17, 15) is 10.2 Å². The second-order valence-corrected chi connectivity index (χ2v) is 9.91. The molecule has 2 heteroatoms. The molecule has 3 unspecified atom stereocenters. The fourth-order valence-electron chi connectivity index (χ4n) is 6.63. The minimum absolute atomic E-state index is 0.216. The molecule has 0 spiro atoms. The molecule has 8 rings (SSSR count). The van der Waals surface area contributed by atoms with E-state index in [1.54, 1.807) is 12.1 Å². The van der Waals surface area contributed by atoms with Crippen LogP contribution in [-0.4, -0.2) is 10.2 Å². The third kappa shape index (κ3) is 2.29. The number of hydrogen-bond acceptors (Lipinski definition) is 2. The van der Waals surface area contributed by atoms with Gasteiger partial charge in [0, 0.05) is 18.3 Å². The number of aliphatic hydroxyl groups excluding tert-OH is 1. The van der Waals surface area contributed by atoms with Gasteiger partial charge in [0.1, 0.15) is 5.75 Å². The molecule has 0 radical (unpaired) electrons. The summed E-state index contributed by atoms with van der Waals surface area (Å²) in [5, 5.41) is 28.9. The maximum absolute atomic E-state index is 11.1. The highest BCUT2D eigenvalue weighted by atomic mass is 16.3. The highest BCUT2D eigenvalue weighted by Crippen LogP contribution is 2.54. The Morgan fingerprint density at radius 1 is 0.676 bits per heavy atom. The third-order valence-electron chi connectivity index (χ3n) is 8.12. The summed E-state index contributed by atoms with van der Waals surface area (Å²) in [6.45, 7) is 0. The Bertz CT molecular complexity index is 1750. The topological polar surface area (TPSA) is 40.5 Å². The van der Waals surface area contributed by atoms with E-state index in [1.165, 1.54) is 60.1 Å². The van der Waals surface area contributed by atoms with E-state index in [0.29, 0.717) is 12.3 Å². The highest BCUT2D eigenvalue weighted by Gasteiger charge is 2.33. The van der Waals surface area contributed by atoms with E-state index in [-0.39, 0.29) is 11.7 Å². The van der Waals surface area contributed by atoms with Gasteiger partial charge in [-0.3, -0.25) is 0 Å². The van der Waals surface area contributed by atoms with Crippen molar-refractivity contribution in [1.29, 1.82) is 0 Å². The quantitative estimate of drug-likeness (QED) is 0.225. The maximum Gasteiger partial charge on any atom is 0.115 e. The van der Waals surface area contributed by atoms with Gasteiger partial charge in [0.2, 0.25) is 0 Å². The Morgan fingerprint density at radius 3 is 2.18 bits per heavy atom. The first-order chi connectivity index (χ1) is 16.7. The van der Waals surface area contributed by atoms with Crippen LogP contribution in [0.25, 0.3) is 44.0 Å². The molecule has 5 aromatic rings. The fourth-order valence-corrected chi connectivity index (χ4v) is 6.63.